The average Bonchev–Trinajstić information content (AvgIpc) is 2.78. The summed E-state index contributed by atoms with van der Waals surface area (Å²) >= 11 is 0. The normalized spacial score (nSPS) is 20.4. The zero-order valence-electron chi connectivity index (χ0n) is 11.5. The summed E-state index contributed by atoms with van der Waals surface area (Å²) in [7, 11) is 3.95. The molecule has 1 aromatic rings. The number of likely N-dealkylation sites (N-methyl/N-ethyl adjacent to an activating group) is 1. The summed E-state index contributed by atoms with van der Waals surface area (Å²) in [5.41, 5.74) is 2.58. The van der Waals surface area contributed by atoms with Crippen molar-refractivity contribution in [2.75, 3.05) is 27.2 Å². The molecule has 0 saturated carbocycles. The molecule has 1 atom stereocenters. The number of ether oxygens (including phenoxy) is 1. The maximum atomic E-state index is 5.11. The van der Waals surface area contributed by atoms with Crippen LogP contribution in [0.4, 0.5) is 0 Å². The highest BCUT2D eigenvalue weighted by atomic mass is 16.5. The first-order chi connectivity index (χ1) is 8.79. The van der Waals surface area contributed by atoms with Crippen molar-refractivity contribution in [1.29, 1.82) is 0 Å². The van der Waals surface area contributed by atoms with Crippen molar-refractivity contribution in [2.45, 2.75) is 32.0 Å². The number of likely N-dealkylation sites (tertiary alicyclic amines) is 1. The molecular formula is C15H24N2O. The third kappa shape index (κ3) is 3.80. The fourth-order valence-corrected chi connectivity index (χ4v) is 2.54. The Morgan fingerprint density at radius 3 is 2.61 bits per heavy atom. The SMILES string of the molecule is COCc1ccc(CNCC2CCCN2C)cc1. The van der Waals surface area contributed by atoms with Crippen molar-refractivity contribution in [3.63, 3.8) is 0 Å². The molecule has 0 radical (unpaired) electrons. The molecular weight excluding hydrogens is 224 g/mol. The van der Waals surface area contributed by atoms with Gasteiger partial charge in [-0.05, 0) is 37.6 Å². The highest BCUT2D eigenvalue weighted by Gasteiger charge is 2.19. The lowest BCUT2D eigenvalue weighted by Crippen LogP contribution is -2.35. The Morgan fingerprint density at radius 2 is 2.00 bits per heavy atom. The maximum Gasteiger partial charge on any atom is 0.0713 e. The van der Waals surface area contributed by atoms with E-state index in [1.165, 1.54) is 30.5 Å². The minimum atomic E-state index is 0.695. The van der Waals surface area contributed by atoms with Crippen molar-refractivity contribution < 1.29 is 4.74 Å². The van der Waals surface area contributed by atoms with Gasteiger partial charge in [-0.25, -0.2) is 0 Å². The van der Waals surface area contributed by atoms with Gasteiger partial charge in [-0.1, -0.05) is 24.3 Å². The zero-order valence-corrected chi connectivity index (χ0v) is 11.5. The molecule has 1 fully saturated rings. The molecule has 0 aromatic heterocycles. The summed E-state index contributed by atoms with van der Waals surface area (Å²) in [5.74, 6) is 0. The Kier molecular flexibility index (Phi) is 5.17. The van der Waals surface area contributed by atoms with Crippen LogP contribution in [0.3, 0.4) is 0 Å². The fraction of sp³-hybridized carbons (Fsp3) is 0.600. The Bertz CT molecular complexity index is 350. The van der Waals surface area contributed by atoms with E-state index < -0.39 is 0 Å². The lowest BCUT2D eigenvalue weighted by Gasteiger charge is -2.19. The van der Waals surface area contributed by atoms with Gasteiger partial charge in [0.1, 0.15) is 0 Å². The lowest BCUT2D eigenvalue weighted by atomic mass is 10.1. The van der Waals surface area contributed by atoms with E-state index in [0.29, 0.717) is 6.61 Å². The molecule has 100 valence electrons. The van der Waals surface area contributed by atoms with Gasteiger partial charge in [0.15, 0.2) is 0 Å². The van der Waals surface area contributed by atoms with E-state index in [9.17, 15) is 0 Å². The largest absolute Gasteiger partial charge is 0.380 e. The van der Waals surface area contributed by atoms with Crippen molar-refractivity contribution in [1.82, 2.24) is 10.2 Å². The maximum absolute atomic E-state index is 5.11. The quantitative estimate of drug-likeness (QED) is 0.833. The Hall–Kier alpha value is -0.900. The number of nitrogens with zero attached hydrogens (tertiary/aromatic N) is 1. The van der Waals surface area contributed by atoms with Crippen LogP contribution in [0.1, 0.15) is 24.0 Å². The number of benzene rings is 1. The number of rotatable bonds is 6. The van der Waals surface area contributed by atoms with Gasteiger partial charge in [0, 0.05) is 26.2 Å². The molecule has 3 heteroatoms. The van der Waals surface area contributed by atoms with E-state index in [1.807, 2.05) is 0 Å². The number of hydrogen-bond acceptors (Lipinski definition) is 3. The Balaban J connectivity index is 1.72. The number of hydrogen-bond donors (Lipinski definition) is 1. The summed E-state index contributed by atoms with van der Waals surface area (Å²) in [6.45, 7) is 3.99. The van der Waals surface area contributed by atoms with E-state index >= 15 is 0 Å². The van der Waals surface area contributed by atoms with Gasteiger partial charge in [0.2, 0.25) is 0 Å². The molecule has 18 heavy (non-hydrogen) atoms. The van der Waals surface area contributed by atoms with Gasteiger partial charge in [0.25, 0.3) is 0 Å². The second-order valence-electron chi connectivity index (χ2n) is 5.16. The van der Waals surface area contributed by atoms with Gasteiger partial charge >= 0.3 is 0 Å². The van der Waals surface area contributed by atoms with Crippen LogP contribution in [-0.2, 0) is 17.9 Å². The molecule has 1 N–H and O–H groups in total. The van der Waals surface area contributed by atoms with Crippen molar-refractivity contribution in [2.24, 2.45) is 0 Å². The standard InChI is InChI=1S/C15H24N2O/c1-17-9-3-4-15(17)11-16-10-13-5-7-14(8-6-13)12-18-2/h5-8,15-16H,3-4,9-12H2,1-2H3. The predicted octanol–water partition coefficient (Wildman–Crippen LogP) is 2.02. The summed E-state index contributed by atoms with van der Waals surface area (Å²) in [4.78, 5) is 2.45. The Labute approximate surface area is 110 Å². The summed E-state index contributed by atoms with van der Waals surface area (Å²) in [6, 6.07) is 9.36. The molecule has 3 nitrogen and oxygen atoms in total. The van der Waals surface area contributed by atoms with E-state index in [-0.39, 0.29) is 0 Å². The highest BCUT2D eigenvalue weighted by molar-refractivity contribution is 5.21. The Morgan fingerprint density at radius 1 is 1.28 bits per heavy atom. The smallest absolute Gasteiger partial charge is 0.0713 e. The number of methoxy groups -OCH3 is 1. The van der Waals surface area contributed by atoms with Crippen LogP contribution in [0.2, 0.25) is 0 Å². The summed E-state index contributed by atoms with van der Waals surface area (Å²) in [5, 5.41) is 3.55. The van der Waals surface area contributed by atoms with Crippen LogP contribution in [0.5, 0.6) is 0 Å². The topological polar surface area (TPSA) is 24.5 Å². The molecule has 0 bridgehead atoms. The third-order valence-electron chi connectivity index (χ3n) is 3.71. The van der Waals surface area contributed by atoms with E-state index in [0.717, 1.165) is 19.1 Å². The van der Waals surface area contributed by atoms with E-state index in [2.05, 4.69) is 41.5 Å². The zero-order chi connectivity index (χ0) is 12.8. The second-order valence-corrected chi connectivity index (χ2v) is 5.16. The van der Waals surface area contributed by atoms with Gasteiger partial charge in [-0.2, -0.15) is 0 Å². The molecule has 2 rings (SSSR count). The molecule has 1 heterocycles. The molecule has 1 aliphatic heterocycles. The summed E-state index contributed by atoms with van der Waals surface area (Å²) < 4.78 is 5.11. The van der Waals surface area contributed by atoms with Gasteiger partial charge in [-0.3, -0.25) is 0 Å². The van der Waals surface area contributed by atoms with Crippen LogP contribution in [0.15, 0.2) is 24.3 Å². The van der Waals surface area contributed by atoms with Crippen LogP contribution in [0.25, 0.3) is 0 Å². The van der Waals surface area contributed by atoms with E-state index in [4.69, 9.17) is 4.74 Å². The molecule has 0 aliphatic carbocycles. The molecule has 1 saturated heterocycles. The number of nitrogens with one attached hydrogen (secondary N) is 1. The molecule has 0 spiro atoms. The van der Waals surface area contributed by atoms with Crippen molar-refractivity contribution >= 4 is 0 Å². The molecule has 1 aliphatic rings. The van der Waals surface area contributed by atoms with Crippen LogP contribution in [0, 0.1) is 0 Å². The minimum absolute atomic E-state index is 0.695. The first kappa shape index (κ1) is 13.5. The predicted molar refractivity (Wildman–Crippen MR) is 74.5 cm³/mol. The summed E-state index contributed by atoms with van der Waals surface area (Å²) in [6.07, 6.45) is 2.67. The third-order valence-corrected chi connectivity index (χ3v) is 3.71. The fourth-order valence-electron chi connectivity index (χ4n) is 2.54. The molecule has 1 unspecified atom stereocenters. The van der Waals surface area contributed by atoms with Crippen molar-refractivity contribution in [3.05, 3.63) is 35.4 Å². The van der Waals surface area contributed by atoms with E-state index in [1.54, 1.807) is 7.11 Å². The first-order valence-corrected chi connectivity index (χ1v) is 6.77. The average molecular weight is 248 g/mol. The van der Waals surface area contributed by atoms with Crippen LogP contribution >= 0.6 is 0 Å². The lowest BCUT2D eigenvalue weighted by molar-refractivity contribution is 0.185. The van der Waals surface area contributed by atoms with Gasteiger partial charge in [0.05, 0.1) is 6.61 Å². The molecule has 0 amide bonds. The van der Waals surface area contributed by atoms with Crippen LogP contribution in [-0.4, -0.2) is 38.2 Å². The molecule has 1 aromatic carbocycles. The highest BCUT2D eigenvalue weighted by Crippen LogP contribution is 2.13. The minimum Gasteiger partial charge on any atom is -0.380 e. The van der Waals surface area contributed by atoms with Gasteiger partial charge in [-0.15, -0.1) is 0 Å². The monoisotopic (exact) mass is 248 g/mol. The first-order valence-electron chi connectivity index (χ1n) is 6.77. The van der Waals surface area contributed by atoms with Crippen molar-refractivity contribution in [3.8, 4) is 0 Å². The van der Waals surface area contributed by atoms with Crippen LogP contribution < -0.4 is 5.32 Å². The van der Waals surface area contributed by atoms with Gasteiger partial charge < -0.3 is 15.0 Å². The second kappa shape index (κ2) is 6.88.